The molecule has 1 heterocycles. The van der Waals surface area contributed by atoms with Gasteiger partial charge in [-0.05, 0) is 26.7 Å². The van der Waals surface area contributed by atoms with Crippen molar-refractivity contribution in [1.29, 1.82) is 0 Å². The molecule has 1 rings (SSSR count). The summed E-state index contributed by atoms with van der Waals surface area (Å²) in [5.41, 5.74) is 0. The van der Waals surface area contributed by atoms with Crippen molar-refractivity contribution in [2.45, 2.75) is 38.8 Å². The van der Waals surface area contributed by atoms with Crippen LogP contribution in [0.4, 0.5) is 0 Å². The Morgan fingerprint density at radius 1 is 1.64 bits per heavy atom. The SMILES string of the molecule is C=CC(C)NC(=O)C1CCC(C)NC1. The maximum atomic E-state index is 11.7. The highest BCUT2D eigenvalue weighted by atomic mass is 16.1. The lowest BCUT2D eigenvalue weighted by atomic mass is 9.94. The molecule has 0 aromatic carbocycles. The Morgan fingerprint density at radius 2 is 2.36 bits per heavy atom. The highest BCUT2D eigenvalue weighted by Crippen LogP contribution is 2.14. The van der Waals surface area contributed by atoms with Gasteiger partial charge in [-0.15, -0.1) is 6.58 Å². The summed E-state index contributed by atoms with van der Waals surface area (Å²) in [6.45, 7) is 8.53. The van der Waals surface area contributed by atoms with Crippen LogP contribution in [0.1, 0.15) is 26.7 Å². The van der Waals surface area contributed by atoms with E-state index in [4.69, 9.17) is 0 Å². The van der Waals surface area contributed by atoms with E-state index in [-0.39, 0.29) is 17.9 Å². The van der Waals surface area contributed by atoms with Gasteiger partial charge in [0.15, 0.2) is 0 Å². The molecule has 0 bridgehead atoms. The minimum Gasteiger partial charge on any atom is -0.350 e. The predicted molar refractivity (Wildman–Crippen MR) is 58.0 cm³/mol. The van der Waals surface area contributed by atoms with Crippen LogP contribution in [-0.2, 0) is 4.79 Å². The molecule has 3 atom stereocenters. The molecular formula is C11H20N2O. The number of piperidine rings is 1. The zero-order valence-electron chi connectivity index (χ0n) is 9.05. The first-order valence-corrected chi connectivity index (χ1v) is 5.29. The fraction of sp³-hybridized carbons (Fsp3) is 0.727. The molecule has 14 heavy (non-hydrogen) atoms. The molecule has 3 nitrogen and oxygen atoms in total. The van der Waals surface area contributed by atoms with Crippen molar-refractivity contribution in [3.63, 3.8) is 0 Å². The van der Waals surface area contributed by atoms with Crippen molar-refractivity contribution in [1.82, 2.24) is 10.6 Å². The summed E-state index contributed by atoms with van der Waals surface area (Å²) in [6, 6.07) is 0.623. The van der Waals surface area contributed by atoms with Crippen LogP contribution in [0.5, 0.6) is 0 Å². The largest absolute Gasteiger partial charge is 0.350 e. The highest BCUT2D eigenvalue weighted by Gasteiger charge is 2.23. The summed E-state index contributed by atoms with van der Waals surface area (Å²) in [6.07, 6.45) is 3.82. The molecule has 1 amide bonds. The van der Waals surface area contributed by atoms with Gasteiger partial charge in [0, 0.05) is 18.6 Å². The number of carbonyl (C=O) groups excluding carboxylic acids is 1. The van der Waals surface area contributed by atoms with E-state index in [1.165, 1.54) is 0 Å². The zero-order chi connectivity index (χ0) is 10.6. The van der Waals surface area contributed by atoms with Crippen LogP contribution >= 0.6 is 0 Å². The number of carbonyl (C=O) groups is 1. The van der Waals surface area contributed by atoms with Crippen molar-refractivity contribution in [2.24, 2.45) is 5.92 Å². The maximum Gasteiger partial charge on any atom is 0.224 e. The molecule has 3 unspecified atom stereocenters. The van der Waals surface area contributed by atoms with Gasteiger partial charge in [-0.25, -0.2) is 0 Å². The first kappa shape index (κ1) is 11.2. The average molecular weight is 196 g/mol. The molecule has 0 radical (unpaired) electrons. The smallest absolute Gasteiger partial charge is 0.224 e. The van der Waals surface area contributed by atoms with Crippen LogP contribution in [0.3, 0.4) is 0 Å². The van der Waals surface area contributed by atoms with Gasteiger partial charge in [-0.3, -0.25) is 4.79 Å². The van der Waals surface area contributed by atoms with Crippen molar-refractivity contribution < 1.29 is 4.79 Å². The quantitative estimate of drug-likeness (QED) is 0.663. The first-order chi connectivity index (χ1) is 6.63. The number of amides is 1. The second-order valence-corrected chi connectivity index (χ2v) is 4.12. The third-order valence-electron chi connectivity index (χ3n) is 2.76. The van der Waals surface area contributed by atoms with E-state index < -0.39 is 0 Å². The standard InChI is InChI=1S/C11H20N2O/c1-4-8(2)13-11(14)10-6-5-9(3)12-7-10/h4,8-10,12H,1,5-7H2,2-3H3,(H,13,14). The highest BCUT2D eigenvalue weighted by molar-refractivity contribution is 5.79. The second kappa shape index (κ2) is 5.15. The van der Waals surface area contributed by atoms with Crippen LogP contribution < -0.4 is 10.6 Å². The lowest BCUT2D eigenvalue weighted by Gasteiger charge is -2.27. The van der Waals surface area contributed by atoms with Crippen LogP contribution in [-0.4, -0.2) is 24.5 Å². The molecule has 1 aliphatic rings. The van der Waals surface area contributed by atoms with Crippen LogP contribution in [0.25, 0.3) is 0 Å². The summed E-state index contributed by atoms with van der Waals surface area (Å²) in [5.74, 6) is 0.283. The molecule has 1 saturated heterocycles. The number of rotatable bonds is 3. The number of hydrogen-bond acceptors (Lipinski definition) is 2. The Kier molecular flexibility index (Phi) is 4.14. The molecular weight excluding hydrogens is 176 g/mol. The summed E-state index contributed by atoms with van der Waals surface area (Å²) < 4.78 is 0. The van der Waals surface area contributed by atoms with Crippen LogP contribution in [0.2, 0.25) is 0 Å². The Bertz CT molecular complexity index is 207. The van der Waals surface area contributed by atoms with Gasteiger partial charge in [0.1, 0.15) is 0 Å². The molecule has 3 heteroatoms. The van der Waals surface area contributed by atoms with E-state index in [1.54, 1.807) is 6.08 Å². The van der Waals surface area contributed by atoms with Gasteiger partial charge in [0.05, 0.1) is 5.92 Å². The Balaban J connectivity index is 2.34. The summed E-state index contributed by atoms with van der Waals surface area (Å²) in [5, 5.41) is 6.23. The Labute approximate surface area is 86.0 Å². The minimum absolute atomic E-state index is 0.0712. The van der Waals surface area contributed by atoms with Gasteiger partial charge >= 0.3 is 0 Å². The van der Waals surface area contributed by atoms with E-state index in [9.17, 15) is 4.79 Å². The van der Waals surface area contributed by atoms with Gasteiger partial charge in [0.2, 0.25) is 5.91 Å². The molecule has 80 valence electrons. The van der Waals surface area contributed by atoms with Crippen LogP contribution in [0, 0.1) is 5.92 Å². The lowest BCUT2D eigenvalue weighted by molar-refractivity contribution is -0.125. The van der Waals surface area contributed by atoms with Crippen molar-refractivity contribution in [3.05, 3.63) is 12.7 Å². The molecule has 1 fully saturated rings. The van der Waals surface area contributed by atoms with E-state index in [2.05, 4.69) is 24.1 Å². The minimum atomic E-state index is 0.0712. The molecule has 0 spiro atoms. The van der Waals surface area contributed by atoms with E-state index in [0.29, 0.717) is 6.04 Å². The number of hydrogen-bond donors (Lipinski definition) is 2. The predicted octanol–water partition coefficient (Wildman–Crippen LogP) is 1.07. The van der Waals surface area contributed by atoms with E-state index in [0.717, 1.165) is 19.4 Å². The van der Waals surface area contributed by atoms with Gasteiger partial charge < -0.3 is 10.6 Å². The zero-order valence-corrected chi connectivity index (χ0v) is 9.05. The molecule has 1 aliphatic heterocycles. The van der Waals surface area contributed by atoms with Crippen molar-refractivity contribution in [2.75, 3.05) is 6.54 Å². The first-order valence-electron chi connectivity index (χ1n) is 5.29. The van der Waals surface area contributed by atoms with Gasteiger partial charge in [-0.2, -0.15) is 0 Å². The number of nitrogens with one attached hydrogen (secondary N) is 2. The maximum absolute atomic E-state index is 11.7. The normalized spacial score (nSPS) is 29.3. The summed E-state index contributed by atoms with van der Waals surface area (Å²) in [7, 11) is 0. The van der Waals surface area contributed by atoms with E-state index >= 15 is 0 Å². The van der Waals surface area contributed by atoms with Crippen molar-refractivity contribution >= 4 is 5.91 Å². The fourth-order valence-electron chi connectivity index (χ4n) is 1.62. The van der Waals surface area contributed by atoms with Gasteiger partial charge in [-0.1, -0.05) is 6.08 Å². The van der Waals surface area contributed by atoms with Crippen molar-refractivity contribution in [3.8, 4) is 0 Å². The average Bonchev–Trinajstić information content (AvgIpc) is 2.18. The summed E-state index contributed by atoms with van der Waals surface area (Å²) >= 11 is 0. The topological polar surface area (TPSA) is 41.1 Å². The third-order valence-corrected chi connectivity index (χ3v) is 2.76. The second-order valence-electron chi connectivity index (χ2n) is 4.12. The third kappa shape index (κ3) is 3.14. The Morgan fingerprint density at radius 3 is 2.86 bits per heavy atom. The molecule has 0 aromatic rings. The molecule has 0 aliphatic carbocycles. The van der Waals surface area contributed by atoms with Gasteiger partial charge in [0.25, 0.3) is 0 Å². The molecule has 0 aromatic heterocycles. The fourth-order valence-corrected chi connectivity index (χ4v) is 1.62. The summed E-state index contributed by atoms with van der Waals surface area (Å²) in [4.78, 5) is 11.7. The van der Waals surface area contributed by atoms with E-state index in [1.807, 2.05) is 6.92 Å². The monoisotopic (exact) mass is 196 g/mol. The van der Waals surface area contributed by atoms with Crippen LogP contribution in [0.15, 0.2) is 12.7 Å². The molecule has 2 N–H and O–H groups in total. The lowest BCUT2D eigenvalue weighted by Crippen LogP contribution is -2.45. The molecule has 0 saturated carbocycles. The Hall–Kier alpha value is -0.830.